The number of nitrogens with two attached hydrogens (primary N) is 4. The van der Waals surface area contributed by atoms with E-state index in [4.69, 9.17) is 22.9 Å². The van der Waals surface area contributed by atoms with Gasteiger partial charge in [-0.3, -0.25) is 48.1 Å². The molecule has 388 valence electrons. The number of hydrogen-bond acceptors (Lipinski definition) is 14. The molecule has 3 rings (SSSR count). The van der Waals surface area contributed by atoms with E-state index in [9.17, 15) is 43.2 Å². The molecule has 0 bridgehead atoms. The van der Waals surface area contributed by atoms with Crippen LogP contribution < -0.4 is 60.2 Å². The topological polar surface area (TPSA) is 373 Å². The van der Waals surface area contributed by atoms with E-state index < -0.39 is 108 Å². The third-order valence-corrected chi connectivity index (χ3v) is 12.6. The number of amides is 9. The average Bonchev–Trinajstić information content (AvgIpc) is 3.98. The van der Waals surface area contributed by atoms with Gasteiger partial charge in [0, 0.05) is 48.1 Å². The smallest absolute Gasteiger partial charge is 0.244 e. The third-order valence-electron chi connectivity index (χ3n) is 11.3. The van der Waals surface area contributed by atoms with E-state index in [-0.39, 0.29) is 75.0 Å². The van der Waals surface area contributed by atoms with Crippen molar-refractivity contribution < 1.29 is 43.2 Å². The number of H-pyrrole nitrogens is 1. The van der Waals surface area contributed by atoms with Crippen LogP contribution in [0.2, 0.25) is 0 Å². The first kappa shape index (κ1) is 58.6. The maximum Gasteiger partial charge on any atom is 0.244 e. The van der Waals surface area contributed by atoms with Gasteiger partial charge in [-0.15, -0.1) is 0 Å². The fourth-order valence-electron chi connectivity index (χ4n) is 7.50. The van der Waals surface area contributed by atoms with E-state index in [0.717, 1.165) is 16.5 Å². The van der Waals surface area contributed by atoms with Gasteiger partial charge in [0.15, 0.2) is 5.96 Å². The molecule has 70 heavy (non-hydrogen) atoms. The van der Waals surface area contributed by atoms with E-state index in [1.54, 1.807) is 6.20 Å². The molecular weight excluding hydrogens is 965 g/mol. The SMILES string of the molecule is CSCC[C@H](NC(=O)[C@H](C)N)C(=O)N[C@@H](CS)C(=O)NCC(=O)N1CCC[C@H]1C(=O)N[C@@H](CCCN=C(N)N)C(=O)N[C@@H](CS)C(=O)N[C@@H](CC(C)C)C(=O)N[C@@H](Cc1c[nH]c2ccccc12)C(N)=O. The van der Waals surface area contributed by atoms with Crippen molar-refractivity contribution in [3.63, 3.8) is 0 Å². The molecule has 1 aromatic heterocycles. The first-order chi connectivity index (χ1) is 33.2. The van der Waals surface area contributed by atoms with Crippen LogP contribution >= 0.6 is 37.0 Å². The lowest BCUT2D eigenvalue weighted by molar-refractivity contribution is -0.140. The molecule has 16 N–H and O–H groups in total. The molecule has 0 radical (unpaired) electrons. The minimum absolute atomic E-state index is 0.000787. The molecule has 1 aliphatic rings. The van der Waals surface area contributed by atoms with Gasteiger partial charge in [-0.1, -0.05) is 32.0 Å². The monoisotopic (exact) mass is 1030 g/mol. The number of nitrogens with one attached hydrogen (secondary N) is 8. The number of likely N-dealkylation sites (tertiary alicyclic amines) is 1. The Kier molecular flexibility index (Phi) is 24.6. The Morgan fingerprint density at radius 2 is 1.34 bits per heavy atom. The minimum Gasteiger partial charge on any atom is -0.370 e. The predicted octanol–water partition coefficient (Wildman–Crippen LogP) is -2.73. The molecule has 0 spiro atoms. The van der Waals surface area contributed by atoms with Crippen LogP contribution in [0.3, 0.4) is 0 Å². The maximum atomic E-state index is 13.9. The van der Waals surface area contributed by atoms with E-state index >= 15 is 0 Å². The standard InChI is InChI=1S/C44H70N14O9S3/c1-23(2)17-31(41(65)54-30(36(46)60)18-25-19-50-27-10-6-5-9-26(25)27)55-42(66)33(22-69)57-39(63)28(11-7-14-49-44(47)48)53-43(67)34-12-8-15-58(34)35(59)20-51-38(62)32(21-68)56-40(64)29(13-16-70-4)52-37(61)24(3)45/h5-6,9-10,19,23-24,28-34,50,68-69H,7-8,11-18,20-22,45H2,1-4H3,(H2,46,60)(H,51,62)(H,52,61)(H,53,67)(H,54,65)(H,55,66)(H,56,64)(H,57,63)(H4,47,48,49)/t24-,28-,29-,30-,31-,32-,33-,34-/m0/s1. The highest BCUT2D eigenvalue weighted by atomic mass is 32.2. The van der Waals surface area contributed by atoms with Crippen LogP contribution in [0.4, 0.5) is 0 Å². The molecule has 0 saturated carbocycles. The Bertz CT molecular complexity index is 2170. The van der Waals surface area contributed by atoms with Crippen molar-refractivity contribution in [1.29, 1.82) is 0 Å². The summed E-state index contributed by atoms with van der Waals surface area (Å²) in [5.41, 5.74) is 23.9. The summed E-state index contributed by atoms with van der Waals surface area (Å²) in [6, 6.07) is -1.45. The van der Waals surface area contributed by atoms with E-state index in [1.165, 1.54) is 23.6 Å². The van der Waals surface area contributed by atoms with Gasteiger partial charge in [0.25, 0.3) is 0 Å². The number of aromatic nitrogens is 1. The zero-order valence-corrected chi connectivity index (χ0v) is 42.6. The first-order valence-electron chi connectivity index (χ1n) is 23.0. The summed E-state index contributed by atoms with van der Waals surface area (Å²) in [6.07, 6.45) is 4.94. The predicted molar refractivity (Wildman–Crippen MR) is 274 cm³/mol. The highest BCUT2D eigenvalue weighted by Crippen LogP contribution is 2.20. The lowest BCUT2D eigenvalue weighted by Gasteiger charge is -2.28. The van der Waals surface area contributed by atoms with E-state index in [1.807, 2.05) is 44.4 Å². The quantitative estimate of drug-likeness (QED) is 0.0171. The second kappa shape index (κ2) is 29.5. The summed E-state index contributed by atoms with van der Waals surface area (Å²) in [5, 5.41) is 19.2. The number of carbonyl (C=O) groups is 9. The van der Waals surface area contributed by atoms with Crippen molar-refractivity contribution in [3.8, 4) is 0 Å². The maximum absolute atomic E-state index is 13.9. The van der Waals surface area contributed by atoms with E-state index in [2.05, 4.69) is 72.5 Å². The minimum atomic E-state index is -1.30. The van der Waals surface area contributed by atoms with Crippen LogP contribution in [0.1, 0.15) is 64.9 Å². The fourth-order valence-corrected chi connectivity index (χ4v) is 8.48. The summed E-state index contributed by atoms with van der Waals surface area (Å²) in [6.45, 7) is 4.87. The van der Waals surface area contributed by atoms with Gasteiger partial charge in [0.1, 0.15) is 42.3 Å². The van der Waals surface area contributed by atoms with Gasteiger partial charge < -0.3 is 70.0 Å². The molecule has 0 aliphatic carbocycles. The number of hydrogen-bond donors (Lipinski definition) is 14. The summed E-state index contributed by atoms with van der Waals surface area (Å²) in [5.74, 6) is -6.31. The molecule has 1 aliphatic heterocycles. The number of aliphatic imine (C=N–C) groups is 1. The fraction of sp³-hybridized carbons (Fsp3) is 0.591. The third kappa shape index (κ3) is 18.5. The molecule has 2 aromatic rings. The number of aromatic amines is 1. The van der Waals surface area contributed by atoms with Crippen LogP contribution in [0.15, 0.2) is 35.5 Å². The van der Waals surface area contributed by atoms with Gasteiger partial charge >= 0.3 is 0 Å². The van der Waals surface area contributed by atoms with Gasteiger partial charge in [-0.05, 0) is 75.0 Å². The van der Waals surface area contributed by atoms with Crippen LogP contribution in [0.25, 0.3) is 10.9 Å². The van der Waals surface area contributed by atoms with Crippen molar-refractivity contribution in [3.05, 3.63) is 36.0 Å². The first-order valence-corrected chi connectivity index (χ1v) is 25.6. The van der Waals surface area contributed by atoms with Crippen molar-refractivity contribution in [1.82, 2.24) is 47.1 Å². The number of thioether (sulfide) groups is 1. The Balaban J connectivity index is 1.69. The summed E-state index contributed by atoms with van der Waals surface area (Å²) < 4.78 is 0. The molecule has 9 amide bonds. The molecule has 26 heteroatoms. The van der Waals surface area contributed by atoms with Gasteiger partial charge in [-0.25, -0.2) is 0 Å². The molecular formula is C44H70N14O9S3. The Morgan fingerprint density at radius 3 is 1.94 bits per heavy atom. The van der Waals surface area contributed by atoms with Gasteiger partial charge in [0.2, 0.25) is 53.2 Å². The van der Waals surface area contributed by atoms with Gasteiger partial charge in [-0.2, -0.15) is 37.0 Å². The molecule has 2 heterocycles. The zero-order valence-electron chi connectivity index (χ0n) is 40.0. The normalized spacial score (nSPS) is 16.3. The number of primary amides is 1. The number of para-hydroxylation sites is 1. The summed E-state index contributed by atoms with van der Waals surface area (Å²) in [4.78, 5) is 128. The number of guanidine groups is 1. The molecule has 1 saturated heterocycles. The summed E-state index contributed by atoms with van der Waals surface area (Å²) in [7, 11) is 0. The highest BCUT2D eigenvalue weighted by Gasteiger charge is 2.37. The van der Waals surface area contributed by atoms with Crippen LogP contribution in [0.5, 0.6) is 0 Å². The Morgan fingerprint density at radius 1 is 0.771 bits per heavy atom. The number of rotatable bonds is 29. The van der Waals surface area contributed by atoms with Crippen LogP contribution in [0, 0.1) is 5.92 Å². The zero-order chi connectivity index (χ0) is 52.1. The molecule has 23 nitrogen and oxygen atoms in total. The van der Waals surface area contributed by atoms with Crippen LogP contribution in [-0.2, 0) is 49.6 Å². The lowest BCUT2D eigenvalue weighted by Crippen LogP contribution is -2.60. The van der Waals surface area contributed by atoms with Crippen molar-refractivity contribution in [2.24, 2.45) is 33.8 Å². The Hall–Kier alpha value is -5.73. The van der Waals surface area contributed by atoms with Gasteiger partial charge in [0.05, 0.1) is 12.6 Å². The number of fused-ring (bicyclic) bond motifs is 1. The number of nitrogens with zero attached hydrogens (tertiary/aromatic N) is 2. The molecule has 1 fully saturated rings. The Labute approximate surface area is 422 Å². The second-order valence-electron chi connectivity index (χ2n) is 17.3. The number of benzene rings is 1. The van der Waals surface area contributed by atoms with Crippen molar-refractivity contribution >= 4 is 107 Å². The average molecular weight is 1040 g/mol. The van der Waals surface area contributed by atoms with E-state index in [0.29, 0.717) is 12.2 Å². The lowest BCUT2D eigenvalue weighted by atomic mass is 10.0. The number of carbonyl (C=O) groups excluding carboxylic acids is 9. The van der Waals surface area contributed by atoms with Crippen molar-refractivity contribution in [2.75, 3.05) is 43.1 Å². The highest BCUT2D eigenvalue weighted by molar-refractivity contribution is 7.98. The largest absolute Gasteiger partial charge is 0.370 e. The molecule has 1 aromatic carbocycles. The summed E-state index contributed by atoms with van der Waals surface area (Å²) >= 11 is 9.96. The molecule has 8 atom stereocenters. The number of thiol groups is 2. The molecule has 0 unspecified atom stereocenters. The van der Waals surface area contributed by atoms with Crippen molar-refractivity contribution in [2.45, 2.75) is 114 Å². The second-order valence-corrected chi connectivity index (χ2v) is 19.0. The van der Waals surface area contributed by atoms with Crippen LogP contribution in [-0.4, -0.2) is 160 Å².